The Morgan fingerprint density at radius 3 is 1.96 bits per heavy atom. The molecule has 0 aromatic heterocycles. The molecule has 0 aliphatic heterocycles. The Bertz CT molecular complexity index is 595. The first-order valence-electron chi connectivity index (χ1n) is 10.6. The molecule has 5 fully saturated rings. The molecule has 1 aromatic carbocycles. The molecule has 1 aromatic rings. The van der Waals surface area contributed by atoms with Crippen molar-refractivity contribution in [3.63, 3.8) is 0 Å². The summed E-state index contributed by atoms with van der Waals surface area (Å²) in [5, 5.41) is 0. The predicted molar refractivity (Wildman–Crippen MR) is 101 cm³/mol. The van der Waals surface area contributed by atoms with Gasteiger partial charge in [0.15, 0.2) is 0 Å². The molecule has 5 aliphatic carbocycles. The van der Waals surface area contributed by atoms with E-state index in [0.29, 0.717) is 11.9 Å². The van der Waals surface area contributed by atoms with Gasteiger partial charge < -0.3 is 4.90 Å². The second kappa shape index (κ2) is 6.14. The van der Waals surface area contributed by atoms with E-state index < -0.39 is 0 Å². The predicted octanol–water partition coefficient (Wildman–Crippen LogP) is 5.57. The molecule has 0 unspecified atom stereocenters. The van der Waals surface area contributed by atoms with E-state index in [0.717, 1.165) is 23.4 Å². The summed E-state index contributed by atoms with van der Waals surface area (Å²) in [6, 6.07) is 11.0. The second-order valence-electron chi connectivity index (χ2n) is 9.50. The third kappa shape index (κ3) is 2.73. The number of carbonyl (C=O) groups excluding carboxylic acids is 1. The molecule has 0 atom stereocenters. The Kier molecular flexibility index (Phi) is 3.91. The molecule has 2 nitrogen and oxygen atoms in total. The van der Waals surface area contributed by atoms with Gasteiger partial charge in [0.2, 0.25) is 5.91 Å². The molecule has 25 heavy (non-hydrogen) atoms. The number of carbonyl (C=O) groups is 1. The van der Waals surface area contributed by atoms with Crippen LogP contribution in [0.1, 0.15) is 70.6 Å². The monoisotopic (exact) mass is 337 g/mol. The van der Waals surface area contributed by atoms with Gasteiger partial charge in [0.1, 0.15) is 0 Å². The number of hydrogen-bond donors (Lipinski definition) is 0. The standard InChI is InChI=1S/C23H31NO/c25-22(23-14-17-11-18(15-23)13-19(12-17)16-23)24(20-7-3-1-4-8-20)21-9-5-2-6-10-21/h1,3-4,7-8,17-19,21H,2,5-6,9-16H2. The number of rotatable bonds is 3. The summed E-state index contributed by atoms with van der Waals surface area (Å²) in [4.78, 5) is 16.3. The van der Waals surface area contributed by atoms with E-state index in [4.69, 9.17) is 0 Å². The van der Waals surface area contributed by atoms with Gasteiger partial charge in [0, 0.05) is 11.7 Å². The van der Waals surface area contributed by atoms with Crippen LogP contribution in [0.25, 0.3) is 0 Å². The van der Waals surface area contributed by atoms with Crippen molar-refractivity contribution in [3.05, 3.63) is 30.3 Å². The summed E-state index contributed by atoms with van der Waals surface area (Å²) in [6.07, 6.45) is 14.0. The quantitative estimate of drug-likeness (QED) is 0.706. The Hall–Kier alpha value is -1.31. The molecule has 0 N–H and O–H groups in total. The fourth-order valence-electron chi connectivity index (χ4n) is 7.05. The zero-order valence-corrected chi connectivity index (χ0v) is 15.3. The average molecular weight is 338 g/mol. The minimum atomic E-state index is -0.0258. The number of para-hydroxylation sites is 1. The number of anilines is 1. The molecule has 2 heteroatoms. The van der Waals surface area contributed by atoms with E-state index in [1.807, 2.05) is 0 Å². The van der Waals surface area contributed by atoms with Crippen LogP contribution in [0.4, 0.5) is 5.69 Å². The van der Waals surface area contributed by atoms with Crippen molar-refractivity contribution in [2.45, 2.75) is 76.7 Å². The lowest BCUT2D eigenvalue weighted by Gasteiger charge is -2.57. The molecular formula is C23H31NO. The number of nitrogens with zero attached hydrogens (tertiary/aromatic N) is 1. The molecule has 0 spiro atoms. The average Bonchev–Trinajstić information content (AvgIpc) is 2.63. The number of benzene rings is 1. The minimum Gasteiger partial charge on any atom is -0.309 e. The molecule has 5 saturated carbocycles. The van der Waals surface area contributed by atoms with Gasteiger partial charge in [-0.15, -0.1) is 0 Å². The summed E-state index contributed by atoms with van der Waals surface area (Å²) in [7, 11) is 0. The third-order valence-electron chi connectivity index (χ3n) is 7.68. The molecule has 0 radical (unpaired) electrons. The van der Waals surface area contributed by atoms with E-state index >= 15 is 0 Å². The zero-order valence-electron chi connectivity index (χ0n) is 15.3. The largest absolute Gasteiger partial charge is 0.309 e. The lowest BCUT2D eigenvalue weighted by Crippen LogP contribution is -2.57. The Morgan fingerprint density at radius 2 is 1.40 bits per heavy atom. The molecule has 6 rings (SSSR count). The van der Waals surface area contributed by atoms with Crippen LogP contribution in [-0.4, -0.2) is 11.9 Å². The lowest BCUT2D eigenvalue weighted by molar-refractivity contribution is -0.144. The van der Waals surface area contributed by atoms with Gasteiger partial charge in [-0.25, -0.2) is 0 Å². The third-order valence-corrected chi connectivity index (χ3v) is 7.68. The smallest absolute Gasteiger partial charge is 0.233 e. The van der Waals surface area contributed by atoms with Crippen LogP contribution in [-0.2, 0) is 4.79 Å². The topological polar surface area (TPSA) is 20.3 Å². The van der Waals surface area contributed by atoms with Crippen LogP contribution >= 0.6 is 0 Å². The minimum absolute atomic E-state index is 0.0258. The van der Waals surface area contributed by atoms with Crippen molar-refractivity contribution in [1.82, 2.24) is 0 Å². The molecule has 1 amide bonds. The van der Waals surface area contributed by atoms with Gasteiger partial charge in [-0.3, -0.25) is 4.79 Å². The van der Waals surface area contributed by atoms with Crippen molar-refractivity contribution in [3.8, 4) is 0 Å². The molecule has 134 valence electrons. The zero-order chi connectivity index (χ0) is 16.9. The lowest BCUT2D eigenvalue weighted by atomic mass is 9.49. The van der Waals surface area contributed by atoms with Crippen molar-refractivity contribution in [1.29, 1.82) is 0 Å². The van der Waals surface area contributed by atoms with E-state index in [2.05, 4.69) is 35.2 Å². The highest BCUT2D eigenvalue weighted by Gasteiger charge is 2.56. The molecule has 4 bridgehead atoms. The number of hydrogen-bond acceptors (Lipinski definition) is 1. The summed E-state index contributed by atoms with van der Waals surface area (Å²) in [6.45, 7) is 0. The first kappa shape index (κ1) is 15.9. The molecule has 0 saturated heterocycles. The van der Waals surface area contributed by atoms with Gasteiger partial charge >= 0.3 is 0 Å². The van der Waals surface area contributed by atoms with Crippen molar-refractivity contribution >= 4 is 11.6 Å². The maximum absolute atomic E-state index is 14.0. The Morgan fingerprint density at radius 1 is 0.840 bits per heavy atom. The Labute approximate surface area is 152 Å². The van der Waals surface area contributed by atoms with Gasteiger partial charge in [-0.2, -0.15) is 0 Å². The highest BCUT2D eigenvalue weighted by atomic mass is 16.2. The van der Waals surface area contributed by atoms with E-state index in [1.54, 1.807) is 0 Å². The van der Waals surface area contributed by atoms with Crippen LogP contribution in [0, 0.1) is 23.2 Å². The highest BCUT2D eigenvalue weighted by Crippen LogP contribution is 2.61. The summed E-state index contributed by atoms with van der Waals surface area (Å²) < 4.78 is 0. The normalized spacial score (nSPS) is 37.2. The SMILES string of the molecule is O=C(N(c1ccccc1)C1CCCCC1)C12CC3CC(CC(C3)C1)C2. The van der Waals surface area contributed by atoms with Crippen molar-refractivity contribution in [2.24, 2.45) is 23.2 Å². The van der Waals surface area contributed by atoms with Gasteiger partial charge in [-0.1, -0.05) is 37.5 Å². The van der Waals surface area contributed by atoms with Gasteiger partial charge in [0.05, 0.1) is 5.41 Å². The van der Waals surface area contributed by atoms with E-state index in [1.165, 1.54) is 70.6 Å². The van der Waals surface area contributed by atoms with Crippen LogP contribution in [0.3, 0.4) is 0 Å². The fraction of sp³-hybridized carbons (Fsp3) is 0.696. The Balaban J connectivity index is 1.49. The summed E-state index contributed by atoms with van der Waals surface area (Å²) in [5.41, 5.74) is 1.12. The van der Waals surface area contributed by atoms with E-state index in [9.17, 15) is 4.79 Å². The van der Waals surface area contributed by atoms with Crippen molar-refractivity contribution < 1.29 is 4.79 Å². The maximum Gasteiger partial charge on any atom is 0.233 e. The molecular weight excluding hydrogens is 306 g/mol. The first-order valence-corrected chi connectivity index (χ1v) is 10.6. The summed E-state index contributed by atoms with van der Waals surface area (Å²) in [5.74, 6) is 2.99. The highest BCUT2D eigenvalue weighted by molar-refractivity contribution is 5.98. The van der Waals surface area contributed by atoms with E-state index in [-0.39, 0.29) is 5.41 Å². The molecule has 0 heterocycles. The van der Waals surface area contributed by atoms with Crippen LogP contribution < -0.4 is 4.90 Å². The van der Waals surface area contributed by atoms with Gasteiger partial charge in [-0.05, 0) is 81.3 Å². The van der Waals surface area contributed by atoms with Crippen LogP contribution in [0.15, 0.2) is 30.3 Å². The number of amides is 1. The summed E-state index contributed by atoms with van der Waals surface area (Å²) >= 11 is 0. The van der Waals surface area contributed by atoms with Crippen LogP contribution in [0.2, 0.25) is 0 Å². The van der Waals surface area contributed by atoms with Crippen molar-refractivity contribution in [2.75, 3.05) is 4.90 Å². The maximum atomic E-state index is 14.0. The van der Waals surface area contributed by atoms with Crippen LogP contribution in [0.5, 0.6) is 0 Å². The second-order valence-corrected chi connectivity index (χ2v) is 9.50. The van der Waals surface area contributed by atoms with Gasteiger partial charge in [0.25, 0.3) is 0 Å². The fourth-order valence-corrected chi connectivity index (χ4v) is 7.05. The first-order chi connectivity index (χ1) is 12.2. The molecule has 5 aliphatic rings.